The molecule has 0 spiro atoms. The quantitative estimate of drug-likeness (QED) is 0.515. The molecule has 1 unspecified atom stereocenters. The zero-order chi connectivity index (χ0) is 14.9. The molecule has 1 aromatic carbocycles. The van der Waals surface area contributed by atoms with Crippen LogP contribution in [0.25, 0.3) is 0 Å². The van der Waals surface area contributed by atoms with Crippen LogP contribution in [0.4, 0.5) is 17.6 Å². The molecule has 0 aliphatic carbocycles. The number of hydrogen-bond donors (Lipinski definition) is 2. The molecule has 7 heteroatoms. The molecule has 2 rings (SSSR count). The zero-order valence-electron chi connectivity index (χ0n) is 10.5. The summed E-state index contributed by atoms with van der Waals surface area (Å²) in [6.07, 6.45) is -4.73. The fourth-order valence-corrected chi connectivity index (χ4v) is 2.85. The van der Waals surface area contributed by atoms with Crippen LogP contribution >= 0.6 is 11.3 Å². The van der Waals surface area contributed by atoms with E-state index in [1.165, 1.54) is 17.4 Å². The van der Waals surface area contributed by atoms with Gasteiger partial charge >= 0.3 is 6.18 Å². The van der Waals surface area contributed by atoms with Crippen molar-refractivity contribution in [3.05, 3.63) is 57.0 Å². The first kappa shape index (κ1) is 15.0. The van der Waals surface area contributed by atoms with E-state index in [0.717, 1.165) is 23.3 Å². The van der Waals surface area contributed by atoms with E-state index in [9.17, 15) is 17.6 Å². The van der Waals surface area contributed by atoms with E-state index in [1.807, 2.05) is 12.3 Å². The minimum atomic E-state index is -4.73. The van der Waals surface area contributed by atoms with Crippen LogP contribution in [0.3, 0.4) is 0 Å². The average molecular weight is 304 g/mol. The highest BCUT2D eigenvalue weighted by molar-refractivity contribution is 7.08. The zero-order valence-corrected chi connectivity index (χ0v) is 11.3. The molecule has 1 atom stereocenters. The predicted octanol–water partition coefficient (Wildman–Crippen LogP) is 3.77. The molecular formula is C13H12F4N2S. The fourth-order valence-electron chi connectivity index (χ4n) is 1.97. The minimum absolute atomic E-state index is 0.266. The fraction of sp³-hybridized carbons (Fsp3) is 0.231. The first-order valence-electron chi connectivity index (χ1n) is 5.70. The second kappa shape index (κ2) is 5.51. The van der Waals surface area contributed by atoms with Crippen LogP contribution in [-0.2, 0) is 6.18 Å². The van der Waals surface area contributed by atoms with Crippen LogP contribution in [0.5, 0.6) is 0 Å². The van der Waals surface area contributed by atoms with Gasteiger partial charge in [-0.2, -0.15) is 24.5 Å². The summed E-state index contributed by atoms with van der Waals surface area (Å²) in [6, 6.07) is 2.29. The molecule has 1 aromatic heterocycles. The topological polar surface area (TPSA) is 38.0 Å². The van der Waals surface area contributed by atoms with Crippen molar-refractivity contribution in [1.82, 2.24) is 5.43 Å². The Hall–Kier alpha value is -1.44. The summed E-state index contributed by atoms with van der Waals surface area (Å²) in [5, 5.41) is 3.67. The number of nitrogens with two attached hydrogens (primary N) is 1. The van der Waals surface area contributed by atoms with E-state index in [1.54, 1.807) is 5.38 Å². The van der Waals surface area contributed by atoms with Gasteiger partial charge in [0.05, 0.1) is 11.6 Å². The lowest BCUT2D eigenvalue weighted by Crippen LogP contribution is -2.29. The highest BCUT2D eigenvalue weighted by Crippen LogP contribution is 2.35. The Kier molecular flexibility index (Phi) is 4.12. The van der Waals surface area contributed by atoms with Gasteiger partial charge in [0, 0.05) is 0 Å². The summed E-state index contributed by atoms with van der Waals surface area (Å²) in [7, 11) is 0. The average Bonchev–Trinajstić information content (AvgIpc) is 2.77. The van der Waals surface area contributed by atoms with Gasteiger partial charge in [-0.1, -0.05) is 6.07 Å². The van der Waals surface area contributed by atoms with E-state index in [2.05, 4.69) is 5.43 Å². The van der Waals surface area contributed by atoms with Gasteiger partial charge in [0.25, 0.3) is 0 Å². The molecule has 0 bridgehead atoms. The molecule has 2 nitrogen and oxygen atoms in total. The Morgan fingerprint density at radius 3 is 2.45 bits per heavy atom. The summed E-state index contributed by atoms with van der Waals surface area (Å²) in [5.74, 6) is 4.15. The largest absolute Gasteiger partial charge is 0.419 e. The molecule has 0 radical (unpaired) electrons. The third kappa shape index (κ3) is 2.84. The third-order valence-electron chi connectivity index (χ3n) is 3.00. The number of thiophene rings is 1. The number of benzene rings is 1. The van der Waals surface area contributed by atoms with Crippen LogP contribution in [0.2, 0.25) is 0 Å². The lowest BCUT2D eigenvalue weighted by Gasteiger charge is -2.18. The van der Waals surface area contributed by atoms with Crippen molar-refractivity contribution >= 4 is 11.3 Å². The molecule has 108 valence electrons. The molecule has 0 aliphatic rings. The molecule has 3 N–H and O–H groups in total. The van der Waals surface area contributed by atoms with E-state index < -0.39 is 23.6 Å². The summed E-state index contributed by atoms with van der Waals surface area (Å²) in [5.41, 5.74) is 3.14. The van der Waals surface area contributed by atoms with Crippen molar-refractivity contribution in [1.29, 1.82) is 0 Å². The highest BCUT2D eigenvalue weighted by Gasteiger charge is 2.34. The van der Waals surface area contributed by atoms with Crippen molar-refractivity contribution in [3.63, 3.8) is 0 Å². The number of rotatable bonds is 3. The molecule has 0 amide bonds. The van der Waals surface area contributed by atoms with E-state index in [0.29, 0.717) is 0 Å². The van der Waals surface area contributed by atoms with Gasteiger partial charge < -0.3 is 0 Å². The molecule has 1 heterocycles. The lowest BCUT2D eigenvalue weighted by atomic mass is 9.97. The summed E-state index contributed by atoms with van der Waals surface area (Å²) < 4.78 is 51.5. The van der Waals surface area contributed by atoms with Gasteiger partial charge in [0.1, 0.15) is 5.82 Å². The van der Waals surface area contributed by atoms with Gasteiger partial charge in [-0.05, 0) is 46.5 Å². The second-order valence-corrected chi connectivity index (χ2v) is 5.09. The van der Waals surface area contributed by atoms with Crippen LogP contribution in [0, 0.1) is 12.7 Å². The maximum atomic E-state index is 13.3. The summed E-state index contributed by atoms with van der Waals surface area (Å²) >= 11 is 1.43. The van der Waals surface area contributed by atoms with Gasteiger partial charge in [-0.25, -0.2) is 9.82 Å². The summed E-state index contributed by atoms with van der Waals surface area (Å²) in [4.78, 5) is 0. The first-order chi connectivity index (χ1) is 9.34. The molecule has 20 heavy (non-hydrogen) atoms. The van der Waals surface area contributed by atoms with Crippen molar-refractivity contribution in [2.45, 2.75) is 19.1 Å². The number of alkyl halides is 3. The molecule has 2 aromatic rings. The van der Waals surface area contributed by atoms with Crippen LogP contribution in [0.1, 0.15) is 28.3 Å². The van der Waals surface area contributed by atoms with Crippen molar-refractivity contribution in [2.75, 3.05) is 0 Å². The Morgan fingerprint density at radius 2 is 1.95 bits per heavy atom. The molecule has 0 saturated carbocycles. The Labute approximate surface area is 117 Å². The lowest BCUT2D eigenvalue weighted by molar-refractivity contribution is -0.140. The van der Waals surface area contributed by atoms with Crippen molar-refractivity contribution < 1.29 is 17.6 Å². The normalized spacial score (nSPS) is 13.5. The number of aryl methyl sites for hydroxylation is 1. The van der Waals surface area contributed by atoms with Gasteiger partial charge in [-0.3, -0.25) is 5.84 Å². The van der Waals surface area contributed by atoms with Gasteiger partial charge in [0.2, 0.25) is 0 Å². The maximum Gasteiger partial charge on any atom is 0.419 e. The number of nitrogens with one attached hydrogen (secondary N) is 1. The van der Waals surface area contributed by atoms with E-state index in [-0.39, 0.29) is 5.56 Å². The monoisotopic (exact) mass is 304 g/mol. The number of hydrogen-bond acceptors (Lipinski definition) is 3. The van der Waals surface area contributed by atoms with Crippen LogP contribution in [-0.4, -0.2) is 0 Å². The van der Waals surface area contributed by atoms with Crippen molar-refractivity contribution in [3.8, 4) is 0 Å². The van der Waals surface area contributed by atoms with E-state index >= 15 is 0 Å². The standard InChI is InChI=1S/C13H12F4N2S/c1-7-5-20-6-9(7)12(19-18)8-2-3-11(14)10(4-8)13(15,16)17/h2-6,12,19H,18H2,1H3. The molecule has 0 saturated heterocycles. The van der Waals surface area contributed by atoms with Crippen LogP contribution in [0.15, 0.2) is 29.0 Å². The number of halogens is 4. The highest BCUT2D eigenvalue weighted by atomic mass is 32.1. The molecule has 0 fully saturated rings. The van der Waals surface area contributed by atoms with Crippen molar-refractivity contribution in [2.24, 2.45) is 5.84 Å². The Bertz CT molecular complexity index is 607. The van der Waals surface area contributed by atoms with Crippen LogP contribution < -0.4 is 11.3 Å². The maximum absolute atomic E-state index is 13.3. The minimum Gasteiger partial charge on any atom is -0.271 e. The second-order valence-electron chi connectivity index (χ2n) is 4.35. The SMILES string of the molecule is Cc1cscc1C(NN)c1ccc(F)c(C(F)(F)F)c1. The molecule has 0 aliphatic heterocycles. The van der Waals surface area contributed by atoms with Gasteiger partial charge in [0.15, 0.2) is 0 Å². The summed E-state index contributed by atoms with van der Waals surface area (Å²) in [6.45, 7) is 1.84. The first-order valence-corrected chi connectivity index (χ1v) is 6.64. The number of hydrazine groups is 1. The third-order valence-corrected chi connectivity index (χ3v) is 3.88. The predicted molar refractivity (Wildman–Crippen MR) is 69.6 cm³/mol. The Morgan fingerprint density at radius 1 is 1.25 bits per heavy atom. The Balaban J connectivity index is 2.49. The smallest absolute Gasteiger partial charge is 0.271 e. The van der Waals surface area contributed by atoms with Gasteiger partial charge in [-0.15, -0.1) is 0 Å². The van der Waals surface area contributed by atoms with E-state index in [4.69, 9.17) is 5.84 Å². The molecular weight excluding hydrogens is 292 g/mol.